The van der Waals surface area contributed by atoms with Gasteiger partial charge >= 0.3 is 0 Å². The third kappa shape index (κ3) is 2.57. The molecule has 112 valence electrons. The minimum Gasteiger partial charge on any atom is -0.339 e. The van der Waals surface area contributed by atoms with Crippen LogP contribution in [-0.4, -0.2) is 15.1 Å². The largest absolute Gasteiger partial charge is 0.339 e. The van der Waals surface area contributed by atoms with E-state index in [0.717, 1.165) is 27.7 Å². The van der Waals surface area contributed by atoms with Gasteiger partial charge in [0, 0.05) is 22.4 Å². The molecule has 1 fully saturated rings. The van der Waals surface area contributed by atoms with Crippen LogP contribution in [0.15, 0.2) is 34.2 Å². The summed E-state index contributed by atoms with van der Waals surface area (Å²) in [6.45, 7) is 2.02. The van der Waals surface area contributed by atoms with Gasteiger partial charge < -0.3 is 4.52 Å². The molecule has 1 saturated carbocycles. The quantitative estimate of drug-likeness (QED) is 0.695. The number of nitrogens with zero attached hydrogens (tertiary/aromatic N) is 3. The van der Waals surface area contributed by atoms with Crippen molar-refractivity contribution in [3.63, 3.8) is 0 Å². The first kappa shape index (κ1) is 13.6. The van der Waals surface area contributed by atoms with E-state index in [4.69, 9.17) is 4.52 Å². The van der Waals surface area contributed by atoms with Crippen LogP contribution in [-0.2, 0) is 0 Å². The molecule has 2 aromatic heterocycles. The Labute approximate surface area is 133 Å². The van der Waals surface area contributed by atoms with Crippen molar-refractivity contribution < 1.29 is 4.52 Å². The second-order valence-electron chi connectivity index (χ2n) is 5.77. The molecule has 0 spiro atoms. The third-order valence-corrected chi connectivity index (χ3v) is 4.96. The second kappa shape index (κ2) is 5.65. The zero-order valence-electron chi connectivity index (χ0n) is 12.5. The van der Waals surface area contributed by atoms with Gasteiger partial charge in [-0.2, -0.15) is 4.98 Å². The molecule has 0 N–H and O–H groups in total. The van der Waals surface area contributed by atoms with Crippen molar-refractivity contribution in [3.05, 3.63) is 40.5 Å². The van der Waals surface area contributed by atoms with Gasteiger partial charge in [-0.25, -0.2) is 4.98 Å². The molecule has 0 saturated heterocycles. The van der Waals surface area contributed by atoms with E-state index in [1.807, 2.05) is 19.1 Å². The molecule has 0 aliphatic heterocycles. The number of thiazole rings is 1. The fourth-order valence-corrected chi connectivity index (χ4v) is 3.63. The van der Waals surface area contributed by atoms with Crippen molar-refractivity contribution in [2.24, 2.45) is 0 Å². The smallest absolute Gasteiger partial charge is 0.230 e. The summed E-state index contributed by atoms with van der Waals surface area (Å²) in [7, 11) is 0. The van der Waals surface area contributed by atoms with E-state index in [-0.39, 0.29) is 0 Å². The van der Waals surface area contributed by atoms with E-state index < -0.39 is 0 Å². The summed E-state index contributed by atoms with van der Waals surface area (Å²) >= 11 is 1.66. The first-order valence-electron chi connectivity index (χ1n) is 7.66. The molecule has 4 rings (SSSR count). The predicted octanol–water partition coefficient (Wildman–Crippen LogP) is 4.83. The highest BCUT2D eigenvalue weighted by molar-refractivity contribution is 7.09. The van der Waals surface area contributed by atoms with Crippen LogP contribution in [0.3, 0.4) is 0 Å². The molecule has 0 amide bonds. The summed E-state index contributed by atoms with van der Waals surface area (Å²) in [5, 5.41) is 7.32. The van der Waals surface area contributed by atoms with Crippen LogP contribution in [0.2, 0.25) is 0 Å². The molecule has 22 heavy (non-hydrogen) atoms. The number of hydrogen-bond donors (Lipinski definition) is 0. The van der Waals surface area contributed by atoms with Crippen LogP contribution < -0.4 is 0 Å². The topological polar surface area (TPSA) is 51.8 Å². The lowest BCUT2D eigenvalue weighted by atomic mass is 10.1. The Kier molecular flexibility index (Phi) is 3.50. The summed E-state index contributed by atoms with van der Waals surface area (Å²) < 4.78 is 5.48. The third-order valence-electron chi connectivity index (χ3n) is 4.18. The van der Waals surface area contributed by atoms with Gasteiger partial charge in [-0.3, -0.25) is 0 Å². The number of benzene rings is 1. The lowest BCUT2D eigenvalue weighted by molar-refractivity contribution is 0.354. The summed E-state index contributed by atoms with van der Waals surface area (Å²) in [6.07, 6.45) is 4.86. The molecular weight excluding hydrogens is 294 g/mol. The van der Waals surface area contributed by atoms with Crippen LogP contribution in [0.25, 0.3) is 22.6 Å². The van der Waals surface area contributed by atoms with E-state index in [2.05, 4.69) is 32.6 Å². The van der Waals surface area contributed by atoms with Gasteiger partial charge in [-0.1, -0.05) is 36.2 Å². The summed E-state index contributed by atoms with van der Waals surface area (Å²) in [4.78, 5) is 9.15. The van der Waals surface area contributed by atoms with E-state index in [9.17, 15) is 0 Å². The van der Waals surface area contributed by atoms with Gasteiger partial charge in [0.15, 0.2) is 0 Å². The minimum atomic E-state index is 0.450. The van der Waals surface area contributed by atoms with Crippen molar-refractivity contribution in [2.75, 3.05) is 0 Å². The number of rotatable bonds is 3. The van der Waals surface area contributed by atoms with Crippen molar-refractivity contribution >= 4 is 11.3 Å². The van der Waals surface area contributed by atoms with Gasteiger partial charge in [-0.05, 0) is 25.8 Å². The Balaban J connectivity index is 1.65. The monoisotopic (exact) mass is 311 g/mol. The highest BCUT2D eigenvalue weighted by Crippen LogP contribution is 2.34. The minimum absolute atomic E-state index is 0.450. The zero-order chi connectivity index (χ0) is 14.9. The van der Waals surface area contributed by atoms with Crippen molar-refractivity contribution in [2.45, 2.75) is 38.5 Å². The maximum atomic E-state index is 5.48. The molecule has 4 nitrogen and oxygen atoms in total. The summed E-state index contributed by atoms with van der Waals surface area (Å²) in [5.74, 6) is 1.92. The lowest BCUT2D eigenvalue weighted by Gasteiger charge is -2.00. The van der Waals surface area contributed by atoms with Crippen molar-refractivity contribution in [1.29, 1.82) is 0 Å². The van der Waals surface area contributed by atoms with E-state index in [0.29, 0.717) is 11.7 Å². The first-order chi connectivity index (χ1) is 10.8. The van der Waals surface area contributed by atoms with Gasteiger partial charge in [0.1, 0.15) is 0 Å². The Morgan fingerprint density at radius 3 is 2.73 bits per heavy atom. The molecule has 5 heteroatoms. The van der Waals surface area contributed by atoms with Crippen molar-refractivity contribution in [3.8, 4) is 22.6 Å². The molecule has 3 aromatic rings. The molecule has 0 radical (unpaired) electrons. The average Bonchev–Trinajstić information content (AvgIpc) is 3.28. The maximum absolute atomic E-state index is 5.48. The predicted molar refractivity (Wildman–Crippen MR) is 86.8 cm³/mol. The molecule has 1 aliphatic rings. The Bertz CT molecular complexity index is 787. The molecule has 2 heterocycles. The van der Waals surface area contributed by atoms with Gasteiger partial charge in [0.2, 0.25) is 11.7 Å². The van der Waals surface area contributed by atoms with Crippen molar-refractivity contribution in [1.82, 2.24) is 15.1 Å². The number of aryl methyl sites for hydroxylation is 1. The molecule has 1 aliphatic carbocycles. The molecular formula is C17H17N3OS. The molecule has 0 unspecified atom stereocenters. The fraction of sp³-hybridized carbons (Fsp3) is 0.353. The van der Waals surface area contributed by atoms with Crippen LogP contribution in [0.4, 0.5) is 0 Å². The Hall–Kier alpha value is -2.01. The van der Waals surface area contributed by atoms with Gasteiger partial charge in [0.25, 0.3) is 0 Å². The van der Waals surface area contributed by atoms with E-state index in [1.165, 1.54) is 25.7 Å². The maximum Gasteiger partial charge on any atom is 0.230 e. The van der Waals surface area contributed by atoms with Crippen LogP contribution >= 0.6 is 11.3 Å². The number of aromatic nitrogens is 3. The van der Waals surface area contributed by atoms with Gasteiger partial charge in [0.05, 0.1) is 10.7 Å². The van der Waals surface area contributed by atoms with Crippen LogP contribution in [0.5, 0.6) is 0 Å². The van der Waals surface area contributed by atoms with E-state index >= 15 is 0 Å². The SMILES string of the molecule is Cc1nc(-c2cccc(-c3noc(C4CCCC4)n3)c2)cs1. The highest BCUT2D eigenvalue weighted by Gasteiger charge is 2.23. The second-order valence-corrected chi connectivity index (χ2v) is 6.83. The Morgan fingerprint density at radius 2 is 1.95 bits per heavy atom. The fourth-order valence-electron chi connectivity index (χ4n) is 3.00. The molecule has 0 bridgehead atoms. The summed E-state index contributed by atoms with van der Waals surface area (Å²) in [5.41, 5.74) is 3.08. The van der Waals surface area contributed by atoms with Gasteiger partial charge in [-0.15, -0.1) is 11.3 Å². The standard InChI is InChI=1S/C17H17N3OS/c1-11-18-15(10-22-11)13-7-4-8-14(9-13)16-19-17(21-20-16)12-5-2-3-6-12/h4,7-10,12H,2-3,5-6H2,1H3. The lowest BCUT2D eigenvalue weighted by Crippen LogP contribution is -1.92. The molecule has 1 aromatic carbocycles. The zero-order valence-corrected chi connectivity index (χ0v) is 13.3. The van der Waals surface area contributed by atoms with E-state index in [1.54, 1.807) is 11.3 Å². The highest BCUT2D eigenvalue weighted by atomic mass is 32.1. The Morgan fingerprint density at radius 1 is 1.14 bits per heavy atom. The van der Waals surface area contributed by atoms with Crippen LogP contribution in [0, 0.1) is 6.92 Å². The first-order valence-corrected chi connectivity index (χ1v) is 8.54. The number of hydrogen-bond acceptors (Lipinski definition) is 5. The molecule has 0 atom stereocenters. The van der Waals surface area contributed by atoms with Crippen LogP contribution in [0.1, 0.15) is 42.5 Å². The average molecular weight is 311 g/mol. The normalized spacial score (nSPS) is 15.5. The summed E-state index contributed by atoms with van der Waals surface area (Å²) in [6, 6.07) is 8.19.